The van der Waals surface area contributed by atoms with E-state index in [1.807, 2.05) is 30.3 Å². The van der Waals surface area contributed by atoms with E-state index < -0.39 is 0 Å². The molecule has 1 heterocycles. The molecule has 0 radical (unpaired) electrons. The van der Waals surface area contributed by atoms with Gasteiger partial charge in [0.1, 0.15) is 5.75 Å². The van der Waals surface area contributed by atoms with E-state index in [2.05, 4.69) is 34.2 Å². The van der Waals surface area contributed by atoms with Gasteiger partial charge in [-0.1, -0.05) is 24.3 Å². The lowest BCUT2D eigenvalue weighted by molar-refractivity contribution is 0.351. The molecule has 7 nitrogen and oxygen atoms in total. The van der Waals surface area contributed by atoms with Crippen molar-refractivity contribution >= 4 is 11.6 Å². The molecular formula is C23H32N4O3. The number of benzene rings is 2. The smallest absolute Gasteiger partial charge is 0.194 e. The van der Waals surface area contributed by atoms with Crippen LogP contribution in [0, 0.1) is 0 Å². The van der Waals surface area contributed by atoms with Crippen LogP contribution in [0.15, 0.2) is 47.5 Å². The van der Waals surface area contributed by atoms with Crippen molar-refractivity contribution < 1.29 is 14.2 Å². The van der Waals surface area contributed by atoms with Gasteiger partial charge < -0.3 is 29.3 Å². The van der Waals surface area contributed by atoms with Gasteiger partial charge in [0.15, 0.2) is 17.5 Å². The first-order valence-electron chi connectivity index (χ1n) is 10.3. The second-order valence-corrected chi connectivity index (χ2v) is 6.97. The summed E-state index contributed by atoms with van der Waals surface area (Å²) in [7, 11) is 5.03. The van der Waals surface area contributed by atoms with Crippen molar-refractivity contribution in [3.8, 4) is 17.2 Å². The van der Waals surface area contributed by atoms with Gasteiger partial charge in [-0.25, -0.2) is 4.99 Å². The molecule has 0 aromatic heterocycles. The Bertz CT molecular complexity index is 848. The summed E-state index contributed by atoms with van der Waals surface area (Å²) in [4.78, 5) is 9.55. The van der Waals surface area contributed by atoms with E-state index in [0.717, 1.165) is 67.2 Å². The molecule has 30 heavy (non-hydrogen) atoms. The molecule has 0 amide bonds. The Balaban J connectivity index is 1.70. The number of nitrogens with one attached hydrogen (secondary N) is 1. The molecule has 0 unspecified atom stereocenters. The molecular weight excluding hydrogens is 380 g/mol. The van der Waals surface area contributed by atoms with Crippen LogP contribution < -0.4 is 24.4 Å². The summed E-state index contributed by atoms with van der Waals surface area (Å²) >= 11 is 0. The Labute approximate surface area is 179 Å². The molecule has 1 saturated heterocycles. The van der Waals surface area contributed by atoms with Gasteiger partial charge in [-0.2, -0.15) is 0 Å². The molecule has 1 aliphatic rings. The van der Waals surface area contributed by atoms with Crippen LogP contribution in [0.25, 0.3) is 0 Å². The zero-order chi connectivity index (χ0) is 21.3. The van der Waals surface area contributed by atoms with Gasteiger partial charge >= 0.3 is 0 Å². The minimum absolute atomic E-state index is 0.523. The number of methoxy groups -OCH3 is 3. The normalized spacial score (nSPS) is 14.5. The van der Waals surface area contributed by atoms with E-state index in [-0.39, 0.29) is 0 Å². The van der Waals surface area contributed by atoms with E-state index in [9.17, 15) is 0 Å². The van der Waals surface area contributed by atoms with E-state index >= 15 is 0 Å². The van der Waals surface area contributed by atoms with Gasteiger partial charge in [-0.3, -0.25) is 0 Å². The highest BCUT2D eigenvalue weighted by Crippen LogP contribution is 2.31. The van der Waals surface area contributed by atoms with Crippen molar-refractivity contribution in [1.29, 1.82) is 0 Å². The molecule has 0 saturated carbocycles. The molecule has 2 aromatic rings. The SMILES string of the molecule is CCNC(=NCc1cccc(OC)c1OC)N1CCN(c2ccccc2OC)CC1. The number of aliphatic imine (C=N–C) groups is 1. The van der Waals surface area contributed by atoms with Crippen molar-refractivity contribution in [3.05, 3.63) is 48.0 Å². The van der Waals surface area contributed by atoms with Gasteiger partial charge in [0.05, 0.1) is 33.6 Å². The lowest BCUT2D eigenvalue weighted by Crippen LogP contribution is -2.52. The molecule has 0 aliphatic carbocycles. The molecule has 2 aromatic carbocycles. The van der Waals surface area contributed by atoms with Gasteiger partial charge in [0.25, 0.3) is 0 Å². The van der Waals surface area contributed by atoms with Crippen molar-refractivity contribution in [2.45, 2.75) is 13.5 Å². The van der Waals surface area contributed by atoms with Crippen molar-refractivity contribution in [2.24, 2.45) is 4.99 Å². The summed E-state index contributed by atoms with van der Waals surface area (Å²) < 4.78 is 16.5. The maximum absolute atomic E-state index is 5.54. The summed E-state index contributed by atoms with van der Waals surface area (Å²) in [6.45, 7) is 7.03. The number of anilines is 1. The second kappa shape index (κ2) is 10.6. The highest BCUT2D eigenvalue weighted by Gasteiger charge is 2.22. The Morgan fingerprint density at radius 2 is 1.60 bits per heavy atom. The van der Waals surface area contributed by atoms with E-state index in [1.54, 1.807) is 21.3 Å². The molecule has 0 spiro atoms. The van der Waals surface area contributed by atoms with Crippen LogP contribution in [0.5, 0.6) is 17.2 Å². The van der Waals surface area contributed by atoms with Crippen molar-refractivity contribution in [1.82, 2.24) is 10.2 Å². The first kappa shape index (κ1) is 21.6. The molecule has 162 valence electrons. The monoisotopic (exact) mass is 412 g/mol. The predicted octanol–water partition coefficient (Wildman–Crippen LogP) is 3.00. The van der Waals surface area contributed by atoms with Gasteiger partial charge in [-0.15, -0.1) is 0 Å². The van der Waals surface area contributed by atoms with Gasteiger partial charge in [0, 0.05) is 38.3 Å². The molecule has 1 aliphatic heterocycles. The summed E-state index contributed by atoms with van der Waals surface area (Å²) in [5.41, 5.74) is 2.14. The predicted molar refractivity (Wildman–Crippen MR) is 121 cm³/mol. The molecule has 3 rings (SSSR count). The number of nitrogens with zero attached hydrogens (tertiary/aromatic N) is 3. The third kappa shape index (κ3) is 4.90. The molecule has 7 heteroatoms. The highest BCUT2D eigenvalue weighted by molar-refractivity contribution is 5.80. The fraction of sp³-hybridized carbons (Fsp3) is 0.435. The zero-order valence-corrected chi connectivity index (χ0v) is 18.4. The lowest BCUT2D eigenvalue weighted by Gasteiger charge is -2.38. The summed E-state index contributed by atoms with van der Waals surface area (Å²) in [6.07, 6.45) is 0. The first-order valence-corrected chi connectivity index (χ1v) is 10.3. The number of hydrogen-bond acceptors (Lipinski definition) is 5. The highest BCUT2D eigenvalue weighted by atomic mass is 16.5. The minimum atomic E-state index is 0.523. The molecule has 0 bridgehead atoms. The topological polar surface area (TPSA) is 58.6 Å². The van der Waals surface area contributed by atoms with Gasteiger partial charge in [0.2, 0.25) is 0 Å². The van der Waals surface area contributed by atoms with Gasteiger partial charge in [-0.05, 0) is 25.1 Å². The average molecular weight is 413 g/mol. The number of hydrogen-bond donors (Lipinski definition) is 1. The largest absolute Gasteiger partial charge is 0.495 e. The quantitative estimate of drug-likeness (QED) is 0.557. The van der Waals surface area contributed by atoms with Crippen LogP contribution in [-0.2, 0) is 6.54 Å². The molecule has 1 fully saturated rings. The number of guanidine groups is 1. The van der Waals surface area contributed by atoms with Crippen molar-refractivity contribution in [3.63, 3.8) is 0 Å². The minimum Gasteiger partial charge on any atom is -0.495 e. The van der Waals surface area contributed by atoms with E-state index in [4.69, 9.17) is 19.2 Å². The lowest BCUT2D eigenvalue weighted by atomic mass is 10.2. The van der Waals surface area contributed by atoms with E-state index in [1.165, 1.54) is 0 Å². The fourth-order valence-electron chi connectivity index (χ4n) is 3.71. The number of piperazine rings is 1. The average Bonchev–Trinajstić information content (AvgIpc) is 2.81. The number of para-hydroxylation sites is 3. The Morgan fingerprint density at radius 3 is 2.27 bits per heavy atom. The Kier molecular flexibility index (Phi) is 7.65. The van der Waals surface area contributed by atoms with Crippen LogP contribution in [0.3, 0.4) is 0 Å². The summed E-state index contributed by atoms with van der Waals surface area (Å²) in [6, 6.07) is 14.1. The van der Waals surface area contributed by atoms with Crippen LogP contribution in [0.1, 0.15) is 12.5 Å². The van der Waals surface area contributed by atoms with E-state index in [0.29, 0.717) is 6.54 Å². The fourth-order valence-corrected chi connectivity index (χ4v) is 3.71. The number of ether oxygens (including phenoxy) is 3. The maximum Gasteiger partial charge on any atom is 0.194 e. The zero-order valence-electron chi connectivity index (χ0n) is 18.4. The van der Waals surface area contributed by atoms with Crippen LogP contribution >= 0.6 is 0 Å². The Morgan fingerprint density at radius 1 is 0.900 bits per heavy atom. The third-order valence-electron chi connectivity index (χ3n) is 5.22. The van der Waals surface area contributed by atoms with Crippen LogP contribution in [0.4, 0.5) is 5.69 Å². The van der Waals surface area contributed by atoms with Crippen LogP contribution in [-0.4, -0.2) is 64.9 Å². The second-order valence-electron chi connectivity index (χ2n) is 6.97. The summed E-state index contributed by atoms with van der Waals surface area (Å²) in [5.74, 6) is 3.29. The maximum atomic E-state index is 5.54. The van der Waals surface area contributed by atoms with Crippen molar-refractivity contribution in [2.75, 3.05) is 59.0 Å². The standard InChI is InChI=1S/C23H32N4O3/c1-5-24-23(25-17-18-9-8-12-21(29-3)22(18)30-4)27-15-13-26(14-16-27)19-10-6-7-11-20(19)28-2/h6-12H,5,13-17H2,1-4H3,(H,24,25). The Hall–Kier alpha value is -3.09. The molecule has 1 N–H and O–H groups in total. The third-order valence-corrected chi connectivity index (χ3v) is 5.22. The summed E-state index contributed by atoms with van der Waals surface area (Å²) in [5, 5.41) is 3.43. The first-order chi connectivity index (χ1) is 14.7. The molecule has 0 atom stereocenters. The van der Waals surface area contributed by atoms with Crippen LogP contribution in [0.2, 0.25) is 0 Å². The number of rotatable bonds is 7.